The Kier molecular flexibility index (Phi) is 4.52. The lowest BCUT2D eigenvalue weighted by atomic mass is 9.76. The molecule has 6 nitrogen and oxygen atoms in total. The smallest absolute Gasteiger partial charge is 0.406 e. The Morgan fingerprint density at radius 3 is 2.47 bits per heavy atom. The Morgan fingerprint density at radius 2 is 1.83 bits per heavy atom. The van der Waals surface area contributed by atoms with Gasteiger partial charge >= 0.3 is 6.36 Å². The van der Waals surface area contributed by atoms with Gasteiger partial charge in [0.15, 0.2) is 0 Å². The van der Waals surface area contributed by atoms with Gasteiger partial charge < -0.3 is 14.2 Å². The van der Waals surface area contributed by atoms with Crippen LogP contribution in [0, 0.1) is 5.41 Å². The largest absolute Gasteiger partial charge is 0.573 e. The van der Waals surface area contributed by atoms with Gasteiger partial charge in [-0.15, -0.1) is 23.4 Å². The Hall–Kier alpha value is -2.58. The molecule has 2 aromatic rings. The van der Waals surface area contributed by atoms with E-state index in [9.17, 15) is 18.0 Å². The second-order valence-electron chi connectivity index (χ2n) is 8.71. The molecule has 1 unspecified atom stereocenters. The molecule has 2 aliphatic carbocycles. The number of amides is 1. The molecular formula is C21H23F3N4O2. The van der Waals surface area contributed by atoms with Crippen molar-refractivity contribution in [3.05, 3.63) is 42.0 Å². The molecule has 1 atom stereocenters. The third-order valence-electron chi connectivity index (χ3n) is 6.72. The molecule has 0 N–H and O–H groups in total. The monoisotopic (exact) mass is 420 g/mol. The maximum absolute atomic E-state index is 13.1. The quantitative estimate of drug-likeness (QED) is 0.740. The summed E-state index contributed by atoms with van der Waals surface area (Å²) in [5, 5.41) is 8.60. The van der Waals surface area contributed by atoms with Crippen LogP contribution in [0.4, 0.5) is 13.2 Å². The number of rotatable bonds is 4. The summed E-state index contributed by atoms with van der Waals surface area (Å²) in [4.78, 5) is 15.0. The van der Waals surface area contributed by atoms with E-state index in [0.29, 0.717) is 24.7 Å². The van der Waals surface area contributed by atoms with Crippen molar-refractivity contribution in [2.75, 3.05) is 13.1 Å². The zero-order chi connectivity index (χ0) is 20.9. The topological polar surface area (TPSA) is 60.2 Å². The second-order valence-corrected chi connectivity index (χ2v) is 8.71. The van der Waals surface area contributed by atoms with E-state index < -0.39 is 6.36 Å². The van der Waals surface area contributed by atoms with Gasteiger partial charge in [-0.3, -0.25) is 4.79 Å². The predicted molar refractivity (Wildman–Crippen MR) is 101 cm³/mol. The molecule has 160 valence electrons. The van der Waals surface area contributed by atoms with Gasteiger partial charge in [0.1, 0.15) is 17.9 Å². The number of likely N-dealkylation sites (tertiary alicyclic amines) is 1. The molecule has 1 aromatic heterocycles. The van der Waals surface area contributed by atoms with Crippen LogP contribution in [0.3, 0.4) is 0 Å². The first-order valence-electron chi connectivity index (χ1n) is 10.4. The molecule has 3 aliphatic rings. The number of aromatic nitrogens is 3. The molecule has 5 rings (SSSR count). The summed E-state index contributed by atoms with van der Waals surface area (Å²) in [7, 11) is 0. The van der Waals surface area contributed by atoms with Crippen molar-refractivity contribution in [3.8, 4) is 5.75 Å². The van der Waals surface area contributed by atoms with Crippen LogP contribution < -0.4 is 4.74 Å². The van der Waals surface area contributed by atoms with Gasteiger partial charge in [0.25, 0.3) is 5.91 Å². The minimum absolute atomic E-state index is 0.00860. The molecule has 0 bridgehead atoms. The van der Waals surface area contributed by atoms with E-state index in [2.05, 4.69) is 19.5 Å². The van der Waals surface area contributed by atoms with Gasteiger partial charge in [0.2, 0.25) is 0 Å². The Balaban J connectivity index is 1.37. The highest BCUT2D eigenvalue weighted by Gasteiger charge is 2.52. The molecule has 9 heteroatoms. The highest BCUT2D eigenvalue weighted by molar-refractivity contribution is 5.94. The lowest BCUT2D eigenvalue weighted by Gasteiger charge is -2.29. The lowest BCUT2D eigenvalue weighted by molar-refractivity contribution is -0.274. The zero-order valence-electron chi connectivity index (χ0n) is 16.4. The van der Waals surface area contributed by atoms with Crippen LogP contribution >= 0.6 is 0 Å². The lowest BCUT2D eigenvalue weighted by Crippen LogP contribution is -2.31. The van der Waals surface area contributed by atoms with E-state index >= 15 is 0 Å². The van der Waals surface area contributed by atoms with E-state index in [1.807, 2.05) is 4.90 Å². The molecule has 1 spiro atoms. The Morgan fingerprint density at radius 1 is 1.13 bits per heavy atom. The number of alkyl halides is 3. The molecule has 2 saturated carbocycles. The minimum atomic E-state index is -4.75. The number of carbonyl (C=O) groups excluding carboxylic acids is 1. The Labute approximate surface area is 172 Å². The highest BCUT2D eigenvalue weighted by Crippen LogP contribution is 2.54. The van der Waals surface area contributed by atoms with Gasteiger partial charge in [0, 0.05) is 30.6 Å². The summed E-state index contributed by atoms with van der Waals surface area (Å²) in [6, 6.07) is 5.63. The third-order valence-corrected chi connectivity index (χ3v) is 6.72. The van der Waals surface area contributed by atoms with Crippen molar-refractivity contribution in [1.29, 1.82) is 0 Å². The van der Waals surface area contributed by atoms with E-state index in [1.165, 1.54) is 24.3 Å². The van der Waals surface area contributed by atoms with E-state index in [-0.39, 0.29) is 23.0 Å². The van der Waals surface area contributed by atoms with Crippen molar-refractivity contribution in [3.63, 3.8) is 0 Å². The molecule has 1 aromatic carbocycles. The molecule has 30 heavy (non-hydrogen) atoms. The number of nitrogens with zero attached hydrogens (tertiary/aromatic N) is 4. The maximum atomic E-state index is 13.1. The van der Waals surface area contributed by atoms with Crippen molar-refractivity contribution in [1.82, 2.24) is 19.7 Å². The van der Waals surface area contributed by atoms with Gasteiger partial charge in [-0.2, -0.15) is 0 Å². The van der Waals surface area contributed by atoms with Gasteiger partial charge in [-0.25, -0.2) is 0 Å². The molecule has 0 radical (unpaired) electrons. The number of carbonyl (C=O) groups is 1. The van der Waals surface area contributed by atoms with Gasteiger partial charge in [-0.1, -0.05) is 12.8 Å². The summed E-state index contributed by atoms with van der Waals surface area (Å²) < 4.78 is 43.2. The first-order valence-corrected chi connectivity index (χ1v) is 10.4. The predicted octanol–water partition coefficient (Wildman–Crippen LogP) is 4.31. The van der Waals surface area contributed by atoms with E-state index in [4.69, 9.17) is 0 Å². The van der Waals surface area contributed by atoms with E-state index in [1.54, 1.807) is 6.33 Å². The standard InChI is InChI=1S/C21H23F3N4O2/c22-21(23,24)30-16-7-3-14(4-8-16)19(29)27-11-17(20(12-27)9-1-2-10-20)18-26-25-13-28(18)15-5-6-15/h3-4,7-8,13,15,17H,1-2,5-6,9-12H2. The van der Waals surface area contributed by atoms with Crippen LogP contribution in [0.1, 0.15) is 66.7 Å². The van der Waals surface area contributed by atoms with Gasteiger partial charge in [-0.05, 0) is 55.4 Å². The summed E-state index contributed by atoms with van der Waals surface area (Å²) in [6.45, 7) is 1.21. The fourth-order valence-electron chi connectivity index (χ4n) is 5.18. The first-order chi connectivity index (χ1) is 14.3. The van der Waals surface area contributed by atoms with Crippen LogP contribution in [-0.4, -0.2) is 45.0 Å². The molecule has 1 aliphatic heterocycles. The van der Waals surface area contributed by atoms with Crippen molar-refractivity contribution >= 4 is 5.91 Å². The van der Waals surface area contributed by atoms with Crippen LogP contribution in [0.15, 0.2) is 30.6 Å². The molecule has 3 fully saturated rings. The number of hydrogen-bond acceptors (Lipinski definition) is 4. The fraction of sp³-hybridized carbons (Fsp3) is 0.571. The van der Waals surface area contributed by atoms with Crippen LogP contribution in [0.2, 0.25) is 0 Å². The minimum Gasteiger partial charge on any atom is -0.406 e. The average molecular weight is 420 g/mol. The second kappa shape index (κ2) is 6.99. The van der Waals surface area contributed by atoms with Crippen molar-refractivity contribution in [2.24, 2.45) is 5.41 Å². The number of benzene rings is 1. The van der Waals surface area contributed by atoms with Crippen LogP contribution in [0.25, 0.3) is 0 Å². The van der Waals surface area contributed by atoms with Crippen LogP contribution in [0.5, 0.6) is 5.75 Å². The molecular weight excluding hydrogens is 397 g/mol. The Bertz CT molecular complexity index is 930. The first kappa shape index (κ1) is 19.4. The summed E-state index contributed by atoms with van der Waals surface area (Å²) in [6.07, 6.45) is 3.72. The van der Waals surface area contributed by atoms with Crippen molar-refractivity contribution in [2.45, 2.75) is 56.8 Å². The summed E-state index contributed by atoms with van der Waals surface area (Å²) in [5.41, 5.74) is 0.372. The maximum Gasteiger partial charge on any atom is 0.573 e. The fourth-order valence-corrected chi connectivity index (χ4v) is 5.18. The number of hydrogen-bond donors (Lipinski definition) is 0. The number of halogens is 3. The third kappa shape index (κ3) is 3.54. The number of ether oxygens (including phenoxy) is 1. The normalized spacial score (nSPS) is 23.3. The molecule has 2 heterocycles. The zero-order valence-corrected chi connectivity index (χ0v) is 16.4. The average Bonchev–Trinajstić information content (AvgIpc) is 3.12. The highest BCUT2D eigenvalue weighted by atomic mass is 19.4. The molecule has 1 saturated heterocycles. The summed E-state index contributed by atoms with van der Waals surface area (Å²) >= 11 is 0. The van der Waals surface area contributed by atoms with E-state index in [0.717, 1.165) is 44.3 Å². The SMILES string of the molecule is O=C(c1ccc(OC(F)(F)F)cc1)N1CC(c2nncn2C2CC2)C2(CCCC2)C1. The van der Waals surface area contributed by atoms with Crippen molar-refractivity contribution < 1.29 is 22.7 Å². The molecule has 1 amide bonds. The summed E-state index contributed by atoms with van der Waals surface area (Å²) in [5.74, 6) is 0.617. The van der Waals surface area contributed by atoms with Gasteiger partial charge in [0.05, 0.1) is 0 Å². The van der Waals surface area contributed by atoms with Crippen LogP contribution in [-0.2, 0) is 0 Å².